The molecule has 1 aromatic rings. The number of rotatable bonds is 3. The van der Waals surface area contributed by atoms with Gasteiger partial charge in [-0.05, 0) is 18.1 Å². The lowest BCUT2D eigenvalue weighted by atomic mass is 9.95. The molecule has 2 aliphatic heterocycles. The van der Waals surface area contributed by atoms with Gasteiger partial charge in [-0.2, -0.15) is 0 Å². The highest BCUT2D eigenvalue weighted by atomic mass is 16.5. The lowest BCUT2D eigenvalue weighted by Crippen LogP contribution is -2.51. The highest BCUT2D eigenvalue weighted by Crippen LogP contribution is 2.27. The van der Waals surface area contributed by atoms with Crippen molar-refractivity contribution in [3.05, 3.63) is 42.5 Å². The van der Waals surface area contributed by atoms with Gasteiger partial charge in [-0.1, -0.05) is 24.3 Å². The van der Waals surface area contributed by atoms with E-state index in [-0.39, 0.29) is 11.8 Å². The van der Waals surface area contributed by atoms with Gasteiger partial charge in [0.2, 0.25) is 5.91 Å². The van der Waals surface area contributed by atoms with Crippen molar-refractivity contribution in [2.45, 2.75) is 6.42 Å². The van der Waals surface area contributed by atoms with E-state index in [1.807, 2.05) is 29.2 Å². The van der Waals surface area contributed by atoms with Crippen LogP contribution in [0.2, 0.25) is 0 Å². The number of benzene rings is 1. The number of ether oxygens (including phenoxy) is 1. The standard InChI is InChI=1S/C17H22N2O2/c1-2-7-18-8-10-19(11-9-18)17(20)15-12-14-5-3-4-6-16(14)21-13-15/h2-6,15H,1,7-13H2/t15-/m0/s1. The van der Waals surface area contributed by atoms with Crippen molar-refractivity contribution in [3.63, 3.8) is 0 Å². The molecule has 1 amide bonds. The highest BCUT2D eigenvalue weighted by molar-refractivity contribution is 5.80. The fourth-order valence-electron chi connectivity index (χ4n) is 3.08. The van der Waals surface area contributed by atoms with Gasteiger partial charge in [0.15, 0.2) is 0 Å². The van der Waals surface area contributed by atoms with Gasteiger partial charge < -0.3 is 9.64 Å². The Morgan fingerprint density at radius 3 is 2.81 bits per heavy atom. The number of para-hydroxylation sites is 1. The molecule has 0 spiro atoms. The molecule has 1 fully saturated rings. The Kier molecular flexibility index (Phi) is 4.25. The zero-order valence-electron chi connectivity index (χ0n) is 12.3. The van der Waals surface area contributed by atoms with Crippen LogP contribution in [0.3, 0.4) is 0 Å². The summed E-state index contributed by atoms with van der Waals surface area (Å²) in [6.07, 6.45) is 2.71. The molecule has 0 saturated carbocycles. The molecule has 0 aromatic heterocycles. The maximum Gasteiger partial charge on any atom is 0.229 e. The lowest BCUT2D eigenvalue weighted by Gasteiger charge is -2.36. The van der Waals surface area contributed by atoms with E-state index >= 15 is 0 Å². The maximum atomic E-state index is 12.6. The topological polar surface area (TPSA) is 32.8 Å². The maximum absolute atomic E-state index is 12.6. The third kappa shape index (κ3) is 3.10. The van der Waals surface area contributed by atoms with E-state index < -0.39 is 0 Å². The fraction of sp³-hybridized carbons (Fsp3) is 0.471. The Labute approximate surface area is 126 Å². The van der Waals surface area contributed by atoms with Crippen molar-refractivity contribution in [1.82, 2.24) is 9.80 Å². The summed E-state index contributed by atoms with van der Waals surface area (Å²) in [7, 11) is 0. The molecule has 1 saturated heterocycles. The van der Waals surface area contributed by atoms with Crippen LogP contribution in [0.1, 0.15) is 5.56 Å². The summed E-state index contributed by atoms with van der Waals surface area (Å²) in [5, 5.41) is 0. The van der Waals surface area contributed by atoms with Crippen LogP contribution in [0, 0.1) is 5.92 Å². The van der Waals surface area contributed by atoms with E-state index in [9.17, 15) is 4.79 Å². The van der Waals surface area contributed by atoms with Gasteiger partial charge in [0.05, 0.1) is 5.92 Å². The molecule has 4 heteroatoms. The van der Waals surface area contributed by atoms with Crippen LogP contribution in [0.5, 0.6) is 5.75 Å². The first-order chi connectivity index (χ1) is 10.3. The van der Waals surface area contributed by atoms with Gasteiger partial charge in [0, 0.05) is 32.7 Å². The second-order valence-electron chi connectivity index (χ2n) is 5.73. The van der Waals surface area contributed by atoms with Crippen LogP contribution in [-0.2, 0) is 11.2 Å². The van der Waals surface area contributed by atoms with Crippen molar-refractivity contribution < 1.29 is 9.53 Å². The molecule has 1 aromatic carbocycles. The summed E-state index contributed by atoms with van der Waals surface area (Å²) < 4.78 is 5.74. The van der Waals surface area contributed by atoms with E-state index in [4.69, 9.17) is 4.74 Å². The predicted molar refractivity (Wildman–Crippen MR) is 82.3 cm³/mol. The average Bonchev–Trinajstić information content (AvgIpc) is 2.55. The highest BCUT2D eigenvalue weighted by Gasteiger charge is 2.30. The summed E-state index contributed by atoms with van der Waals surface area (Å²) >= 11 is 0. The Morgan fingerprint density at radius 1 is 1.29 bits per heavy atom. The average molecular weight is 286 g/mol. The number of amides is 1. The molecule has 0 aliphatic carbocycles. The minimum atomic E-state index is -0.0362. The molecule has 0 radical (unpaired) electrons. The largest absolute Gasteiger partial charge is 0.492 e. The van der Waals surface area contributed by atoms with Crippen molar-refractivity contribution >= 4 is 5.91 Å². The molecule has 0 unspecified atom stereocenters. The Morgan fingerprint density at radius 2 is 2.05 bits per heavy atom. The van der Waals surface area contributed by atoms with Gasteiger partial charge in [-0.15, -0.1) is 6.58 Å². The summed E-state index contributed by atoms with van der Waals surface area (Å²) in [4.78, 5) is 16.9. The number of piperazine rings is 1. The SMILES string of the molecule is C=CCN1CCN(C(=O)[C@@H]2COc3ccccc3C2)CC1. The molecular weight excluding hydrogens is 264 g/mol. The minimum absolute atomic E-state index is 0.0362. The Bertz CT molecular complexity index is 521. The number of nitrogens with zero attached hydrogens (tertiary/aromatic N) is 2. The minimum Gasteiger partial charge on any atom is -0.492 e. The van der Waals surface area contributed by atoms with Gasteiger partial charge in [-0.3, -0.25) is 9.69 Å². The van der Waals surface area contributed by atoms with Crippen LogP contribution in [0.15, 0.2) is 36.9 Å². The molecule has 1 atom stereocenters. The van der Waals surface area contributed by atoms with Gasteiger partial charge in [0.25, 0.3) is 0 Å². The molecule has 0 N–H and O–H groups in total. The van der Waals surface area contributed by atoms with E-state index in [2.05, 4.69) is 17.5 Å². The number of carbonyl (C=O) groups is 1. The Balaban J connectivity index is 1.59. The van der Waals surface area contributed by atoms with Gasteiger partial charge in [0.1, 0.15) is 12.4 Å². The van der Waals surface area contributed by atoms with Crippen LogP contribution in [0.4, 0.5) is 0 Å². The van der Waals surface area contributed by atoms with E-state index in [1.165, 1.54) is 0 Å². The summed E-state index contributed by atoms with van der Waals surface area (Å²) in [6.45, 7) is 8.66. The quantitative estimate of drug-likeness (QED) is 0.791. The molecule has 2 aliphatic rings. The molecule has 2 heterocycles. The van der Waals surface area contributed by atoms with E-state index in [0.717, 1.165) is 50.5 Å². The molecule has 4 nitrogen and oxygen atoms in total. The summed E-state index contributed by atoms with van der Waals surface area (Å²) in [5.74, 6) is 1.13. The predicted octanol–water partition coefficient (Wildman–Crippen LogP) is 1.57. The van der Waals surface area contributed by atoms with Crippen LogP contribution < -0.4 is 4.74 Å². The smallest absolute Gasteiger partial charge is 0.229 e. The van der Waals surface area contributed by atoms with Crippen LogP contribution in [0.25, 0.3) is 0 Å². The second kappa shape index (κ2) is 6.31. The fourth-order valence-corrected chi connectivity index (χ4v) is 3.08. The normalized spacial score (nSPS) is 22.3. The number of fused-ring (bicyclic) bond motifs is 1. The molecule has 0 bridgehead atoms. The van der Waals surface area contributed by atoms with Crippen LogP contribution >= 0.6 is 0 Å². The summed E-state index contributed by atoms with van der Waals surface area (Å²) in [6, 6.07) is 8.00. The molecule has 3 rings (SSSR count). The first-order valence-electron chi connectivity index (χ1n) is 7.60. The van der Waals surface area contributed by atoms with E-state index in [1.54, 1.807) is 0 Å². The van der Waals surface area contributed by atoms with Gasteiger partial charge in [-0.25, -0.2) is 0 Å². The molecular formula is C17H22N2O2. The second-order valence-corrected chi connectivity index (χ2v) is 5.73. The molecule has 112 valence electrons. The van der Waals surface area contributed by atoms with Crippen LogP contribution in [-0.4, -0.2) is 55.0 Å². The van der Waals surface area contributed by atoms with Crippen molar-refractivity contribution in [1.29, 1.82) is 0 Å². The van der Waals surface area contributed by atoms with Crippen molar-refractivity contribution in [2.24, 2.45) is 5.92 Å². The zero-order chi connectivity index (χ0) is 14.7. The lowest BCUT2D eigenvalue weighted by molar-refractivity contribution is -0.138. The molecule has 21 heavy (non-hydrogen) atoms. The van der Waals surface area contributed by atoms with Gasteiger partial charge >= 0.3 is 0 Å². The zero-order valence-corrected chi connectivity index (χ0v) is 12.3. The first-order valence-corrected chi connectivity index (χ1v) is 7.60. The van der Waals surface area contributed by atoms with Crippen molar-refractivity contribution in [2.75, 3.05) is 39.3 Å². The third-order valence-electron chi connectivity index (χ3n) is 4.30. The number of carbonyl (C=O) groups excluding carboxylic acids is 1. The van der Waals surface area contributed by atoms with E-state index in [0.29, 0.717) is 6.61 Å². The number of hydrogen-bond acceptors (Lipinski definition) is 3. The summed E-state index contributed by atoms with van der Waals surface area (Å²) in [5.41, 5.74) is 1.15. The number of hydrogen-bond donors (Lipinski definition) is 0. The monoisotopic (exact) mass is 286 g/mol. The first kappa shape index (κ1) is 14.1. The third-order valence-corrected chi connectivity index (χ3v) is 4.30. The Hall–Kier alpha value is -1.81. The van der Waals surface area contributed by atoms with Crippen molar-refractivity contribution in [3.8, 4) is 5.75 Å².